The zero-order chi connectivity index (χ0) is 20.1. The number of carbonyl (C=O) groups excluding carboxylic acids is 1. The number of nitrogens with zero attached hydrogens (tertiary/aromatic N) is 1. The highest BCUT2D eigenvalue weighted by Gasteiger charge is 2.07. The summed E-state index contributed by atoms with van der Waals surface area (Å²) in [6.07, 6.45) is 0.705. The fraction of sp³-hybridized carbons (Fsp3) is 0.120. The zero-order valence-electron chi connectivity index (χ0n) is 16.2. The van der Waals surface area contributed by atoms with Crippen LogP contribution in [0, 0.1) is 0 Å². The Bertz CT molecular complexity index is 1150. The van der Waals surface area contributed by atoms with Crippen LogP contribution in [0.4, 0.5) is 0 Å². The van der Waals surface area contributed by atoms with Gasteiger partial charge in [-0.1, -0.05) is 48.5 Å². The van der Waals surface area contributed by atoms with Gasteiger partial charge in [0, 0.05) is 5.39 Å². The summed E-state index contributed by atoms with van der Waals surface area (Å²) in [6, 6.07) is 27.6. The molecule has 0 spiro atoms. The van der Waals surface area contributed by atoms with Gasteiger partial charge in [-0.25, -0.2) is 9.78 Å². The van der Waals surface area contributed by atoms with Crippen molar-refractivity contribution in [2.45, 2.75) is 13.0 Å². The minimum absolute atomic E-state index is 0.327. The first kappa shape index (κ1) is 18.7. The van der Waals surface area contributed by atoms with Gasteiger partial charge < -0.3 is 9.47 Å². The van der Waals surface area contributed by atoms with Crippen LogP contribution in [0.3, 0.4) is 0 Å². The van der Waals surface area contributed by atoms with Crippen molar-refractivity contribution in [3.05, 3.63) is 107 Å². The topological polar surface area (TPSA) is 48.4 Å². The molecule has 0 aliphatic carbocycles. The van der Waals surface area contributed by atoms with Crippen molar-refractivity contribution in [3.63, 3.8) is 0 Å². The molecule has 0 fully saturated rings. The molecular weight excluding hydrogens is 362 g/mol. The number of para-hydroxylation sites is 1. The quantitative estimate of drug-likeness (QED) is 0.430. The molecule has 29 heavy (non-hydrogen) atoms. The van der Waals surface area contributed by atoms with Gasteiger partial charge in [0.2, 0.25) is 0 Å². The Kier molecular flexibility index (Phi) is 5.52. The molecular formula is C25H21NO3. The molecule has 4 aromatic rings. The zero-order valence-corrected chi connectivity index (χ0v) is 16.2. The van der Waals surface area contributed by atoms with Crippen LogP contribution in [0.15, 0.2) is 84.9 Å². The number of hydrogen-bond acceptors (Lipinski definition) is 4. The first-order valence-corrected chi connectivity index (χ1v) is 9.45. The van der Waals surface area contributed by atoms with Crippen molar-refractivity contribution in [2.75, 3.05) is 7.11 Å². The van der Waals surface area contributed by atoms with Crippen LogP contribution < -0.4 is 4.74 Å². The third-order valence-corrected chi connectivity index (χ3v) is 4.70. The van der Waals surface area contributed by atoms with Crippen LogP contribution in [-0.2, 0) is 17.8 Å². The van der Waals surface area contributed by atoms with Crippen LogP contribution in [0.25, 0.3) is 10.9 Å². The summed E-state index contributed by atoms with van der Waals surface area (Å²) in [6.45, 7) is 0.409. The molecule has 0 N–H and O–H groups in total. The van der Waals surface area contributed by atoms with Gasteiger partial charge >= 0.3 is 5.97 Å². The molecule has 0 bridgehead atoms. The summed E-state index contributed by atoms with van der Waals surface area (Å²) in [5.41, 5.74) is 4.56. The smallest absolute Gasteiger partial charge is 0.337 e. The van der Waals surface area contributed by atoms with E-state index in [9.17, 15) is 4.79 Å². The number of benzene rings is 3. The van der Waals surface area contributed by atoms with E-state index in [1.165, 1.54) is 7.11 Å². The third-order valence-electron chi connectivity index (χ3n) is 4.70. The molecule has 0 saturated heterocycles. The highest BCUT2D eigenvalue weighted by Crippen LogP contribution is 2.19. The Morgan fingerprint density at radius 1 is 0.862 bits per heavy atom. The van der Waals surface area contributed by atoms with E-state index in [1.807, 2.05) is 72.8 Å². The van der Waals surface area contributed by atoms with E-state index >= 15 is 0 Å². The number of rotatable bonds is 6. The molecule has 0 aliphatic rings. The Balaban J connectivity index is 1.45. The van der Waals surface area contributed by atoms with E-state index < -0.39 is 0 Å². The summed E-state index contributed by atoms with van der Waals surface area (Å²) >= 11 is 0. The first-order chi connectivity index (χ1) is 14.2. The molecule has 4 rings (SSSR count). The fourth-order valence-electron chi connectivity index (χ4n) is 3.25. The lowest BCUT2D eigenvalue weighted by Gasteiger charge is -2.09. The highest BCUT2D eigenvalue weighted by molar-refractivity contribution is 5.89. The second kappa shape index (κ2) is 8.57. The number of pyridine rings is 1. The molecule has 144 valence electrons. The summed E-state index contributed by atoms with van der Waals surface area (Å²) in [7, 11) is 1.39. The standard InChI is InChI=1S/C25H21NO3/c1-28-25(27)21-9-4-6-18(15-21)14-19-7-5-10-23(16-19)29-17-22-13-12-20-8-2-3-11-24(20)26-22/h2-13,15-16H,14,17H2,1H3. The predicted octanol–water partition coefficient (Wildman–Crippen LogP) is 5.19. The predicted molar refractivity (Wildman–Crippen MR) is 113 cm³/mol. The Labute approximate surface area is 169 Å². The largest absolute Gasteiger partial charge is 0.487 e. The Morgan fingerprint density at radius 3 is 2.52 bits per heavy atom. The second-order valence-electron chi connectivity index (χ2n) is 6.80. The molecule has 1 aromatic heterocycles. The minimum atomic E-state index is -0.327. The number of esters is 1. The lowest BCUT2D eigenvalue weighted by Crippen LogP contribution is -2.02. The fourth-order valence-corrected chi connectivity index (χ4v) is 3.25. The van der Waals surface area contributed by atoms with Crippen LogP contribution in [0.2, 0.25) is 0 Å². The maximum absolute atomic E-state index is 11.7. The van der Waals surface area contributed by atoms with E-state index in [0.29, 0.717) is 18.6 Å². The summed E-state index contributed by atoms with van der Waals surface area (Å²) in [5, 5.41) is 1.12. The summed E-state index contributed by atoms with van der Waals surface area (Å²) in [4.78, 5) is 16.4. The van der Waals surface area contributed by atoms with Crippen LogP contribution in [-0.4, -0.2) is 18.1 Å². The van der Waals surface area contributed by atoms with E-state index in [1.54, 1.807) is 6.07 Å². The molecule has 0 amide bonds. The van der Waals surface area contributed by atoms with Crippen LogP contribution in [0.1, 0.15) is 27.2 Å². The van der Waals surface area contributed by atoms with E-state index in [2.05, 4.69) is 11.1 Å². The van der Waals surface area contributed by atoms with Gasteiger partial charge in [0.15, 0.2) is 0 Å². The van der Waals surface area contributed by atoms with E-state index in [-0.39, 0.29) is 5.97 Å². The second-order valence-corrected chi connectivity index (χ2v) is 6.80. The maximum Gasteiger partial charge on any atom is 0.337 e. The number of carbonyl (C=O) groups is 1. The Morgan fingerprint density at radius 2 is 1.66 bits per heavy atom. The third kappa shape index (κ3) is 4.61. The molecule has 0 saturated carbocycles. The molecule has 1 heterocycles. The average molecular weight is 383 g/mol. The van der Waals surface area contributed by atoms with Crippen molar-refractivity contribution < 1.29 is 14.3 Å². The van der Waals surface area contributed by atoms with Gasteiger partial charge in [0.25, 0.3) is 0 Å². The maximum atomic E-state index is 11.7. The lowest BCUT2D eigenvalue weighted by atomic mass is 10.0. The normalized spacial score (nSPS) is 10.7. The van der Waals surface area contributed by atoms with Crippen molar-refractivity contribution in [1.29, 1.82) is 0 Å². The van der Waals surface area contributed by atoms with Gasteiger partial charge in [-0.3, -0.25) is 0 Å². The van der Waals surface area contributed by atoms with Crippen molar-refractivity contribution in [2.24, 2.45) is 0 Å². The monoisotopic (exact) mass is 383 g/mol. The summed E-state index contributed by atoms with van der Waals surface area (Å²) < 4.78 is 10.8. The minimum Gasteiger partial charge on any atom is -0.487 e. The average Bonchev–Trinajstić information content (AvgIpc) is 2.77. The molecule has 3 aromatic carbocycles. The van der Waals surface area contributed by atoms with E-state index in [4.69, 9.17) is 9.47 Å². The number of ether oxygens (including phenoxy) is 2. The van der Waals surface area contributed by atoms with Crippen molar-refractivity contribution in [1.82, 2.24) is 4.98 Å². The van der Waals surface area contributed by atoms with Gasteiger partial charge in [-0.2, -0.15) is 0 Å². The van der Waals surface area contributed by atoms with Crippen molar-refractivity contribution in [3.8, 4) is 5.75 Å². The molecule has 4 nitrogen and oxygen atoms in total. The van der Waals surface area contributed by atoms with Crippen LogP contribution in [0.5, 0.6) is 5.75 Å². The lowest BCUT2D eigenvalue weighted by molar-refractivity contribution is 0.0600. The van der Waals surface area contributed by atoms with Gasteiger partial charge in [-0.05, 0) is 53.9 Å². The number of methoxy groups -OCH3 is 1. The Hall–Kier alpha value is -3.66. The molecule has 4 heteroatoms. The van der Waals surface area contributed by atoms with Gasteiger partial charge in [0.1, 0.15) is 12.4 Å². The molecule has 0 unspecified atom stereocenters. The molecule has 0 aliphatic heterocycles. The van der Waals surface area contributed by atoms with Gasteiger partial charge in [-0.15, -0.1) is 0 Å². The molecule has 0 radical (unpaired) electrons. The SMILES string of the molecule is COC(=O)c1cccc(Cc2cccc(OCc3ccc4ccccc4n3)c2)c1. The summed E-state index contributed by atoms with van der Waals surface area (Å²) in [5.74, 6) is 0.466. The van der Waals surface area contributed by atoms with Crippen LogP contribution >= 0.6 is 0 Å². The number of hydrogen-bond donors (Lipinski definition) is 0. The number of fused-ring (bicyclic) bond motifs is 1. The van der Waals surface area contributed by atoms with Gasteiger partial charge in [0.05, 0.1) is 23.9 Å². The van der Waals surface area contributed by atoms with Crippen molar-refractivity contribution >= 4 is 16.9 Å². The first-order valence-electron chi connectivity index (χ1n) is 9.45. The molecule has 0 atom stereocenters. The van der Waals surface area contributed by atoms with E-state index in [0.717, 1.165) is 33.5 Å². The highest BCUT2D eigenvalue weighted by atomic mass is 16.5. The number of aromatic nitrogens is 1.